The van der Waals surface area contributed by atoms with E-state index in [9.17, 15) is 8.42 Å². The van der Waals surface area contributed by atoms with Crippen LogP contribution in [-0.2, 0) is 9.84 Å². The third-order valence-corrected chi connectivity index (χ3v) is 3.12. The number of sulfone groups is 1. The highest BCUT2D eigenvalue weighted by Crippen LogP contribution is 2.10. The summed E-state index contributed by atoms with van der Waals surface area (Å²) in [5, 5.41) is 5.75. The molecule has 2 N–H and O–H groups in total. The Hall–Kier alpha value is -1.64. The molecule has 0 aliphatic carbocycles. The third kappa shape index (κ3) is 6.18. The lowest BCUT2D eigenvalue weighted by Gasteiger charge is -2.08. The zero-order valence-electron chi connectivity index (χ0n) is 11.3. The lowest BCUT2D eigenvalue weighted by molar-refractivity contribution is 0.312. The Labute approximate surface area is 112 Å². The van der Waals surface area contributed by atoms with Crippen LogP contribution in [0.2, 0.25) is 0 Å². The van der Waals surface area contributed by atoms with Gasteiger partial charge in [-0.2, -0.15) is 15.0 Å². The Kier molecular flexibility index (Phi) is 5.74. The van der Waals surface area contributed by atoms with E-state index >= 15 is 0 Å². The number of hydrogen-bond donors (Lipinski definition) is 2. The molecule has 0 bridgehead atoms. The van der Waals surface area contributed by atoms with E-state index in [0.29, 0.717) is 31.5 Å². The minimum Gasteiger partial charge on any atom is -0.464 e. The van der Waals surface area contributed by atoms with Gasteiger partial charge in [0.25, 0.3) is 0 Å². The predicted molar refractivity (Wildman–Crippen MR) is 73.4 cm³/mol. The second kappa shape index (κ2) is 7.07. The van der Waals surface area contributed by atoms with Crippen molar-refractivity contribution in [1.29, 1.82) is 0 Å². The van der Waals surface area contributed by atoms with E-state index in [0.717, 1.165) is 0 Å². The molecule has 0 saturated heterocycles. The molecule has 8 nitrogen and oxygen atoms in total. The summed E-state index contributed by atoms with van der Waals surface area (Å²) in [6.45, 7) is 2.76. The monoisotopic (exact) mass is 289 g/mol. The Bertz CT molecular complexity index is 506. The summed E-state index contributed by atoms with van der Waals surface area (Å²) < 4.78 is 27.2. The molecular formula is C10H19N5O3S. The summed E-state index contributed by atoms with van der Waals surface area (Å²) in [5.74, 6) is 0.878. The highest BCUT2D eigenvalue weighted by atomic mass is 32.2. The van der Waals surface area contributed by atoms with Gasteiger partial charge in [0.05, 0.1) is 12.4 Å². The van der Waals surface area contributed by atoms with Crippen molar-refractivity contribution >= 4 is 21.7 Å². The molecule has 1 rings (SSSR count). The number of rotatable bonds is 8. The van der Waals surface area contributed by atoms with Gasteiger partial charge in [0.2, 0.25) is 11.9 Å². The van der Waals surface area contributed by atoms with Gasteiger partial charge in [0.15, 0.2) is 0 Å². The van der Waals surface area contributed by atoms with Gasteiger partial charge >= 0.3 is 6.01 Å². The normalized spacial score (nSPS) is 11.1. The topological polar surface area (TPSA) is 106 Å². The molecule has 1 aromatic heterocycles. The van der Waals surface area contributed by atoms with Crippen molar-refractivity contribution in [2.75, 3.05) is 42.8 Å². The molecule has 0 saturated carbocycles. The summed E-state index contributed by atoms with van der Waals surface area (Å²) in [4.78, 5) is 12.2. The minimum absolute atomic E-state index is 0.127. The average molecular weight is 289 g/mol. The second-order valence-corrected chi connectivity index (χ2v) is 6.12. The standard InChI is InChI=1S/C10H19N5O3S/c1-4-18-10-14-8(11-2)13-9(15-10)12-6-5-7-19(3,16)17/h4-7H2,1-3H3,(H2,11,12,13,14,15). The fourth-order valence-electron chi connectivity index (χ4n) is 1.28. The SMILES string of the molecule is CCOc1nc(NC)nc(NCCCS(C)(=O)=O)n1. The molecule has 0 spiro atoms. The molecule has 9 heteroatoms. The maximum Gasteiger partial charge on any atom is 0.323 e. The molecule has 0 fully saturated rings. The molecular weight excluding hydrogens is 270 g/mol. The summed E-state index contributed by atoms with van der Waals surface area (Å²) in [6.07, 6.45) is 1.70. The smallest absolute Gasteiger partial charge is 0.323 e. The first-order valence-electron chi connectivity index (χ1n) is 5.93. The van der Waals surface area contributed by atoms with E-state index in [1.807, 2.05) is 6.92 Å². The maximum atomic E-state index is 11.0. The van der Waals surface area contributed by atoms with Crippen LogP contribution >= 0.6 is 0 Å². The van der Waals surface area contributed by atoms with E-state index in [2.05, 4.69) is 25.6 Å². The number of nitrogens with one attached hydrogen (secondary N) is 2. The number of hydrogen-bond acceptors (Lipinski definition) is 8. The van der Waals surface area contributed by atoms with Crippen LogP contribution in [0.5, 0.6) is 6.01 Å². The summed E-state index contributed by atoms with van der Waals surface area (Å²) in [7, 11) is -1.25. The molecule has 0 atom stereocenters. The van der Waals surface area contributed by atoms with E-state index in [4.69, 9.17) is 4.74 Å². The molecule has 0 unspecified atom stereocenters. The molecule has 0 amide bonds. The van der Waals surface area contributed by atoms with Crippen molar-refractivity contribution in [1.82, 2.24) is 15.0 Å². The van der Waals surface area contributed by atoms with Crippen LogP contribution in [0, 0.1) is 0 Å². The second-order valence-electron chi connectivity index (χ2n) is 3.86. The minimum atomic E-state index is -2.94. The highest BCUT2D eigenvalue weighted by Gasteiger charge is 2.06. The van der Waals surface area contributed by atoms with Gasteiger partial charge in [-0.3, -0.25) is 0 Å². The van der Waals surface area contributed by atoms with Gasteiger partial charge in [-0.15, -0.1) is 0 Å². The Morgan fingerprint density at radius 3 is 2.47 bits per heavy atom. The van der Waals surface area contributed by atoms with E-state index in [-0.39, 0.29) is 11.8 Å². The van der Waals surface area contributed by atoms with Crippen LogP contribution in [0.4, 0.5) is 11.9 Å². The van der Waals surface area contributed by atoms with E-state index in [1.54, 1.807) is 7.05 Å². The van der Waals surface area contributed by atoms with Gasteiger partial charge in [0, 0.05) is 19.8 Å². The van der Waals surface area contributed by atoms with Crippen LogP contribution in [0.15, 0.2) is 0 Å². The van der Waals surface area contributed by atoms with Crippen molar-refractivity contribution in [3.05, 3.63) is 0 Å². The van der Waals surface area contributed by atoms with Gasteiger partial charge in [-0.05, 0) is 13.3 Å². The Balaban J connectivity index is 2.59. The quantitative estimate of drug-likeness (QED) is 0.652. The van der Waals surface area contributed by atoms with E-state index < -0.39 is 9.84 Å². The van der Waals surface area contributed by atoms with Crippen molar-refractivity contribution in [2.45, 2.75) is 13.3 Å². The Morgan fingerprint density at radius 2 is 1.89 bits per heavy atom. The van der Waals surface area contributed by atoms with Gasteiger partial charge in [0.1, 0.15) is 9.84 Å². The number of nitrogens with zero attached hydrogens (tertiary/aromatic N) is 3. The first-order chi connectivity index (χ1) is 8.94. The zero-order valence-corrected chi connectivity index (χ0v) is 12.1. The summed E-state index contributed by atoms with van der Waals surface area (Å²) >= 11 is 0. The molecule has 108 valence electrons. The lowest BCUT2D eigenvalue weighted by atomic mass is 10.5. The fraction of sp³-hybridized carbons (Fsp3) is 0.700. The van der Waals surface area contributed by atoms with Crippen LogP contribution in [0.1, 0.15) is 13.3 Å². The molecule has 0 aliphatic rings. The molecule has 0 aromatic carbocycles. The van der Waals surface area contributed by atoms with Crippen molar-refractivity contribution in [3.63, 3.8) is 0 Å². The number of aromatic nitrogens is 3. The first-order valence-corrected chi connectivity index (χ1v) is 7.99. The van der Waals surface area contributed by atoms with Gasteiger partial charge in [-0.1, -0.05) is 0 Å². The highest BCUT2D eigenvalue weighted by molar-refractivity contribution is 7.90. The molecule has 1 heterocycles. The maximum absolute atomic E-state index is 11.0. The third-order valence-electron chi connectivity index (χ3n) is 2.09. The van der Waals surface area contributed by atoms with Crippen LogP contribution < -0.4 is 15.4 Å². The van der Waals surface area contributed by atoms with Crippen LogP contribution in [-0.4, -0.2) is 55.6 Å². The predicted octanol–water partition coefficient (Wildman–Crippen LogP) is 0.159. The number of anilines is 2. The molecule has 19 heavy (non-hydrogen) atoms. The van der Waals surface area contributed by atoms with Crippen LogP contribution in [0.25, 0.3) is 0 Å². The zero-order chi connectivity index (χ0) is 14.3. The Morgan fingerprint density at radius 1 is 1.21 bits per heavy atom. The molecule has 0 aliphatic heterocycles. The molecule has 0 radical (unpaired) electrons. The largest absolute Gasteiger partial charge is 0.464 e. The van der Waals surface area contributed by atoms with Gasteiger partial charge in [-0.25, -0.2) is 8.42 Å². The fourth-order valence-corrected chi connectivity index (χ4v) is 1.94. The summed E-state index contributed by atoms with van der Waals surface area (Å²) in [5.41, 5.74) is 0. The summed E-state index contributed by atoms with van der Waals surface area (Å²) in [6, 6.07) is 0.229. The van der Waals surface area contributed by atoms with Crippen LogP contribution in [0.3, 0.4) is 0 Å². The lowest BCUT2D eigenvalue weighted by Crippen LogP contribution is -2.13. The van der Waals surface area contributed by atoms with Gasteiger partial charge < -0.3 is 15.4 Å². The van der Waals surface area contributed by atoms with Crippen molar-refractivity contribution in [3.8, 4) is 6.01 Å². The van der Waals surface area contributed by atoms with Crippen molar-refractivity contribution in [2.24, 2.45) is 0 Å². The molecule has 1 aromatic rings. The van der Waals surface area contributed by atoms with E-state index in [1.165, 1.54) is 6.26 Å². The first kappa shape index (κ1) is 15.4. The average Bonchev–Trinajstić information content (AvgIpc) is 2.34. The number of ether oxygens (including phenoxy) is 1. The van der Waals surface area contributed by atoms with Crippen molar-refractivity contribution < 1.29 is 13.2 Å².